The van der Waals surface area contributed by atoms with E-state index in [0.29, 0.717) is 13.3 Å². The Morgan fingerprint density at radius 1 is 1.10 bits per heavy atom. The van der Waals surface area contributed by atoms with Crippen molar-refractivity contribution in [3.8, 4) is 0 Å². The predicted octanol–water partition coefficient (Wildman–Crippen LogP) is -0.0542. The molecule has 0 saturated carbocycles. The van der Waals surface area contributed by atoms with Gasteiger partial charge in [-0.2, -0.15) is 0 Å². The molecule has 0 aromatic heterocycles. The van der Waals surface area contributed by atoms with E-state index in [1.165, 1.54) is 6.92 Å². The lowest BCUT2D eigenvalue weighted by Gasteiger charge is -2.07. The van der Waals surface area contributed by atoms with Gasteiger partial charge in [-0.25, -0.2) is 9.59 Å². The number of amides is 1. The van der Waals surface area contributed by atoms with Gasteiger partial charge in [-0.1, -0.05) is 6.58 Å². The Bertz CT molecular complexity index is 359. The minimum Gasteiger partial charge on any atom is -0.500 e. The zero-order valence-electron chi connectivity index (χ0n) is 11.5. The molecule has 8 nitrogen and oxygen atoms in total. The molecular weight excluding hydrogens is 269 g/mol. The second-order valence-electron chi connectivity index (χ2n) is 3.57. The number of hydrogen-bond acceptors (Lipinski definition) is 7. The van der Waals surface area contributed by atoms with Gasteiger partial charge in [0.1, 0.15) is 6.61 Å². The first kappa shape index (κ1) is 18.0. The van der Waals surface area contributed by atoms with Gasteiger partial charge in [-0.3, -0.25) is 4.79 Å². The Kier molecular flexibility index (Phi) is 9.76. The van der Waals surface area contributed by atoms with E-state index >= 15 is 0 Å². The normalized spacial score (nSPS) is 9.30. The lowest BCUT2D eigenvalue weighted by Crippen LogP contribution is -2.30. The lowest BCUT2D eigenvalue weighted by atomic mass is 10.4. The molecule has 0 saturated heterocycles. The van der Waals surface area contributed by atoms with Crippen molar-refractivity contribution in [2.24, 2.45) is 0 Å². The summed E-state index contributed by atoms with van der Waals surface area (Å²) in [6, 6.07) is 0. The summed E-state index contributed by atoms with van der Waals surface area (Å²) in [7, 11) is 0.635. The third kappa shape index (κ3) is 11.1. The maximum absolute atomic E-state index is 11.0. The van der Waals surface area contributed by atoms with Crippen molar-refractivity contribution in [1.82, 2.24) is 5.32 Å². The van der Waals surface area contributed by atoms with Crippen LogP contribution in [0, 0.1) is 0 Å². The molecule has 0 rings (SSSR count). The van der Waals surface area contributed by atoms with E-state index < -0.39 is 18.0 Å². The first-order valence-electron chi connectivity index (χ1n) is 5.77. The minimum atomic E-state index is -0.774. The molecule has 20 heavy (non-hydrogen) atoms. The Balaban J connectivity index is 3.35. The number of esters is 1. The highest BCUT2D eigenvalue weighted by Crippen LogP contribution is 1.91. The van der Waals surface area contributed by atoms with Crippen molar-refractivity contribution in [3.63, 3.8) is 0 Å². The summed E-state index contributed by atoms with van der Waals surface area (Å²) in [5.41, 5.74) is 0.318. The number of nitrogens with one attached hydrogen (secondary N) is 1. The molecule has 0 aromatic carbocycles. The topological polar surface area (TPSA) is 100 Å². The quantitative estimate of drug-likeness (QED) is 0.274. The molecular formula is C11H17BNO7. The van der Waals surface area contributed by atoms with Crippen LogP contribution in [0.4, 0.5) is 4.79 Å². The van der Waals surface area contributed by atoms with Crippen LogP contribution in [0.1, 0.15) is 13.8 Å². The van der Waals surface area contributed by atoms with Crippen molar-refractivity contribution in [2.45, 2.75) is 13.8 Å². The van der Waals surface area contributed by atoms with Crippen LogP contribution in [0.5, 0.6) is 0 Å². The summed E-state index contributed by atoms with van der Waals surface area (Å²) in [5.74, 6) is -1.07. The van der Waals surface area contributed by atoms with Gasteiger partial charge in [-0.15, -0.1) is 0 Å². The molecule has 0 unspecified atom stereocenters. The molecule has 0 heterocycles. The molecule has 111 valence electrons. The van der Waals surface area contributed by atoms with Crippen LogP contribution in [0.15, 0.2) is 12.2 Å². The lowest BCUT2D eigenvalue weighted by molar-refractivity contribution is -0.140. The largest absolute Gasteiger partial charge is 0.663 e. The maximum atomic E-state index is 11.0. The maximum Gasteiger partial charge on any atom is 0.663 e. The molecule has 1 amide bonds. The average Bonchev–Trinajstić information content (AvgIpc) is 2.36. The van der Waals surface area contributed by atoms with Gasteiger partial charge in [0.15, 0.2) is 0 Å². The zero-order valence-corrected chi connectivity index (χ0v) is 11.5. The van der Waals surface area contributed by atoms with Crippen molar-refractivity contribution in [2.75, 3.05) is 26.4 Å². The monoisotopic (exact) mass is 286 g/mol. The fourth-order valence-corrected chi connectivity index (χ4v) is 0.821. The number of ether oxygens (including phenoxy) is 2. The molecule has 9 heteroatoms. The summed E-state index contributed by atoms with van der Waals surface area (Å²) >= 11 is 0. The van der Waals surface area contributed by atoms with Crippen LogP contribution in [-0.4, -0.2) is 52.1 Å². The Labute approximate surface area is 117 Å². The SMILES string of the molecule is C=C(C)C(=O)OCCOCCNC(=O)O[B]OC(C)=O. The fraction of sp³-hybridized carbons (Fsp3) is 0.545. The van der Waals surface area contributed by atoms with Crippen LogP contribution in [-0.2, 0) is 28.4 Å². The molecule has 0 aliphatic carbocycles. The smallest absolute Gasteiger partial charge is 0.500 e. The zero-order chi connectivity index (χ0) is 15.4. The Morgan fingerprint density at radius 2 is 1.80 bits per heavy atom. The van der Waals surface area contributed by atoms with E-state index in [4.69, 9.17) is 9.47 Å². The summed E-state index contributed by atoms with van der Waals surface area (Å²) in [6.07, 6.45) is -0.774. The standard InChI is InChI=1S/C11H17BNO7/c1-8(2)10(15)18-7-6-17-5-4-13-11(16)20-12-19-9(3)14/h1,4-7H2,2-3H3,(H,13,16). The molecule has 0 bridgehead atoms. The summed E-state index contributed by atoms with van der Waals surface area (Å²) < 4.78 is 18.5. The Hall–Kier alpha value is -2.03. The molecule has 0 fully saturated rings. The van der Waals surface area contributed by atoms with E-state index in [0.717, 1.165) is 0 Å². The van der Waals surface area contributed by atoms with Gasteiger partial charge < -0.3 is 24.1 Å². The van der Waals surface area contributed by atoms with Gasteiger partial charge >= 0.3 is 19.7 Å². The summed E-state index contributed by atoms with van der Waals surface area (Å²) in [5, 5.41) is 2.34. The highest BCUT2D eigenvalue weighted by Gasteiger charge is 2.07. The predicted molar refractivity (Wildman–Crippen MR) is 68.6 cm³/mol. The van der Waals surface area contributed by atoms with Crippen molar-refractivity contribution >= 4 is 25.7 Å². The van der Waals surface area contributed by atoms with Crippen LogP contribution in [0.25, 0.3) is 0 Å². The summed E-state index contributed by atoms with van der Waals surface area (Å²) in [4.78, 5) is 32.3. The third-order valence-corrected chi connectivity index (χ3v) is 1.69. The molecule has 0 aliphatic heterocycles. The van der Waals surface area contributed by atoms with Gasteiger partial charge in [0.05, 0.1) is 13.2 Å². The van der Waals surface area contributed by atoms with E-state index in [1.807, 2.05) is 0 Å². The highest BCUT2D eigenvalue weighted by atomic mass is 16.6. The van der Waals surface area contributed by atoms with Crippen LogP contribution < -0.4 is 5.32 Å². The van der Waals surface area contributed by atoms with Gasteiger partial charge in [0.2, 0.25) is 0 Å². The third-order valence-electron chi connectivity index (χ3n) is 1.69. The van der Waals surface area contributed by atoms with E-state index in [9.17, 15) is 14.4 Å². The Morgan fingerprint density at radius 3 is 2.40 bits per heavy atom. The van der Waals surface area contributed by atoms with Gasteiger partial charge in [0.25, 0.3) is 5.97 Å². The second-order valence-corrected chi connectivity index (χ2v) is 3.57. The molecule has 0 aliphatic rings. The van der Waals surface area contributed by atoms with Crippen LogP contribution in [0.2, 0.25) is 0 Å². The number of carbonyl (C=O) groups excluding carboxylic acids is 3. The molecule has 0 spiro atoms. The number of hydrogen-bond donors (Lipinski definition) is 1. The highest BCUT2D eigenvalue weighted by molar-refractivity contribution is 6.25. The number of rotatable bonds is 9. The van der Waals surface area contributed by atoms with Crippen LogP contribution in [0.3, 0.4) is 0 Å². The molecule has 1 N–H and O–H groups in total. The van der Waals surface area contributed by atoms with Gasteiger partial charge in [-0.05, 0) is 6.92 Å². The number of carbonyl (C=O) groups is 3. The first-order chi connectivity index (χ1) is 9.43. The van der Waals surface area contributed by atoms with Gasteiger partial charge in [0, 0.05) is 19.0 Å². The second kappa shape index (κ2) is 10.9. The van der Waals surface area contributed by atoms with Crippen molar-refractivity contribution in [1.29, 1.82) is 0 Å². The van der Waals surface area contributed by atoms with E-state index in [-0.39, 0.29) is 26.4 Å². The summed E-state index contributed by atoms with van der Waals surface area (Å²) in [6.45, 7) is 6.87. The first-order valence-corrected chi connectivity index (χ1v) is 5.77. The average molecular weight is 286 g/mol. The molecule has 0 atom stereocenters. The van der Waals surface area contributed by atoms with Crippen molar-refractivity contribution < 1.29 is 33.2 Å². The fourth-order valence-electron chi connectivity index (χ4n) is 0.821. The molecule has 1 radical (unpaired) electrons. The van der Waals surface area contributed by atoms with E-state index in [2.05, 4.69) is 21.2 Å². The van der Waals surface area contributed by atoms with E-state index in [1.54, 1.807) is 6.92 Å². The van der Waals surface area contributed by atoms with Crippen molar-refractivity contribution in [3.05, 3.63) is 12.2 Å². The minimum absolute atomic E-state index is 0.108. The molecule has 0 aromatic rings. The van der Waals surface area contributed by atoms with Crippen LogP contribution >= 0.6 is 0 Å².